The fraction of sp³-hybridized carbons (Fsp3) is 0.300. The van der Waals surface area contributed by atoms with E-state index < -0.39 is 0 Å². The van der Waals surface area contributed by atoms with Crippen LogP contribution in [0.25, 0.3) is 0 Å². The average Bonchev–Trinajstić information content (AvgIpc) is 2.58. The summed E-state index contributed by atoms with van der Waals surface area (Å²) in [5, 5.41) is 2.21. The summed E-state index contributed by atoms with van der Waals surface area (Å²) in [6.07, 6.45) is 1.61. The Kier molecular flexibility index (Phi) is 2.72. The van der Waals surface area contributed by atoms with Crippen LogP contribution in [0.3, 0.4) is 0 Å². The first-order valence-corrected chi connectivity index (χ1v) is 4.77. The number of nitrogens with one attached hydrogen (secondary N) is 1. The molecular formula is C10H11N3O3. The second-order valence-electron chi connectivity index (χ2n) is 3.38. The fourth-order valence-electron chi connectivity index (χ4n) is 1.54. The SMILES string of the molecule is COc1ncccc1CN1CC(=O)NC1=O. The Balaban J connectivity index is 2.14. The zero-order valence-corrected chi connectivity index (χ0v) is 8.77. The van der Waals surface area contributed by atoms with Crippen LogP contribution in [-0.2, 0) is 11.3 Å². The minimum absolute atomic E-state index is 0.0802. The van der Waals surface area contributed by atoms with Crippen LogP contribution in [0.15, 0.2) is 18.3 Å². The van der Waals surface area contributed by atoms with E-state index in [4.69, 9.17) is 4.74 Å². The first kappa shape index (κ1) is 10.4. The molecule has 84 valence electrons. The lowest BCUT2D eigenvalue weighted by molar-refractivity contribution is -0.118. The van der Waals surface area contributed by atoms with Gasteiger partial charge in [-0.1, -0.05) is 6.07 Å². The molecule has 0 bridgehead atoms. The standard InChI is InChI=1S/C10H11N3O3/c1-16-9-7(3-2-4-11-9)5-13-6-8(14)12-10(13)15/h2-4H,5-6H2,1H3,(H,12,14,15). The maximum absolute atomic E-state index is 11.3. The van der Waals surface area contributed by atoms with Crippen molar-refractivity contribution in [3.05, 3.63) is 23.9 Å². The summed E-state index contributed by atoms with van der Waals surface area (Å²) in [6, 6.07) is 3.19. The van der Waals surface area contributed by atoms with Crippen molar-refractivity contribution in [1.82, 2.24) is 15.2 Å². The molecule has 0 atom stereocenters. The van der Waals surface area contributed by atoms with Crippen LogP contribution in [0.5, 0.6) is 5.88 Å². The molecule has 6 nitrogen and oxygen atoms in total. The van der Waals surface area contributed by atoms with Gasteiger partial charge in [-0.15, -0.1) is 0 Å². The molecule has 3 amide bonds. The van der Waals surface area contributed by atoms with Crippen molar-refractivity contribution in [2.75, 3.05) is 13.7 Å². The van der Waals surface area contributed by atoms with Crippen molar-refractivity contribution >= 4 is 11.9 Å². The van der Waals surface area contributed by atoms with Crippen LogP contribution >= 0.6 is 0 Å². The Morgan fingerprint density at radius 2 is 2.38 bits per heavy atom. The number of hydrogen-bond acceptors (Lipinski definition) is 4. The second-order valence-corrected chi connectivity index (χ2v) is 3.38. The summed E-state index contributed by atoms with van der Waals surface area (Å²) in [5.41, 5.74) is 0.773. The number of imide groups is 1. The summed E-state index contributed by atoms with van der Waals surface area (Å²) in [5.74, 6) is 0.183. The first-order chi connectivity index (χ1) is 7.70. The molecule has 2 rings (SSSR count). The lowest BCUT2D eigenvalue weighted by Crippen LogP contribution is -2.27. The molecule has 1 aliphatic rings. The van der Waals surface area contributed by atoms with Crippen molar-refractivity contribution in [3.8, 4) is 5.88 Å². The Morgan fingerprint density at radius 1 is 1.56 bits per heavy atom. The summed E-state index contributed by atoms with van der Waals surface area (Å²) in [4.78, 5) is 27.7. The number of pyridine rings is 1. The van der Waals surface area contributed by atoms with Gasteiger partial charge < -0.3 is 9.64 Å². The lowest BCUT2D eigenvalue weighted by atomic mass is 10.2. The maximum Gasteiger partial charge on any atom is 0.324 e. The minimum Gasteiger partial charge on any atom is -0.481 e. The number of hydrogen-bond donors (Lipinski definition) is 1. The van der Waals surface area contributed by atoms with Gasteiger partial charge in [-0.2, -0.15) is 0 Å². The number of urea groups is 1. The monoisotopic (exact) mass is 221 g/mol. The van der Waals surface area contributed by atoms with Crippen molar-refractivity contribution in [3.63, 3.8) is 0 Å². The van der Waals surface area contributed by atoms with Gasteiger partial charge in [-0.25, -0.2) is 9.78 Å². The van der Waals surface area contributed by atoms with Crippen molar-refractivity contribution in [1.29, 1.82) is 0 Å². The molecule has 0 aromatic carbocycles. The van der Waals surface area contributed by atoms with Crippen molar-refractivity contribution in [2.45, 2.75) is 6.54 Å². The number of ether oxygens (including phenoxy) is 1. The Morgan fingerprint density at radius 3 is 3.00 bits per heavy atom. The van der Waals surface area contributed by atoms with Gasteiger partial charge in [0.15, 0.2) is 0 Å². The number of carbonyl (C=O) groups excluding carboxylic acids is 2. The van der Waals surface area contributed by atoms with Gasteiger partial charge in [0.1, 0.15) is 6.54 Å². The predicted octanol–water partition coefficient (Wildman–Crippen LogP) is 0.142. The van der Waals surface area contributed by atoms with Gasteiger partial charge in [-0.3, -0.25) is 10.1 Å². The van der Waals surface area contributed by atoms with E-state index in [0.717, 1.165) is 5.56 Å². The van der Waals surface area contributed by atoms with Crippen LogP contribution < -0.4 is 10.1 Å². The van der Waals surface area contributed by atoms with Gasteiger partial charge in [0.2, 0.25) is 11.8 Å². The van der Waals surface area contributed by atoms with E-state index in [0.29, 0.717) is 12.4 Å². The van der Waals surface area contributed by atoms with E-state index in [1.807, 2.05) is 6.07 Å². The van der Waals surface area contributed by atoms with Gasteiger partial charge >= 0.3 is 6.03 Å². The van der Waals surface area contributed by atoms with Gasteiger partial charge in [0.25, 0.3) is 0 Å². The molecule has 0 unspecified atom stereocenters. The topological polar surface area (TPSA) is 71.5 Å². The molecule has 1 fully saturated rings. The molecule has 1 aliphatic heterocycles. The highest BCUT2D eigenvalue weighted by Crippen LogP contribution is 2.16. The van der Waals surface area contributed by atoms with Crippen LogP contribution in [0.2, 0.25) is 0 Å². The molecule has 0 radical (unpaired) electrons. The van der Waals surface area contributed by atoms with E-state index in [1.54, 1.807) is 12.3 Å². The van der Waals surface area contributed by atoms with E-state index in [9.17, 15) is 9.59 Å². The molecule has 1 N–H and O–H groups in total. The lowest BCUT2D eigenvalue weighted by Gasteiger charge is -2.14. The Hall–Kier alpha value is -2.11. The molecule has 1 saturated heterocycles. The van der Waals surface area contributed by atoms with Crippen LogP contribution in [0.4, 0.5) is 4.79 Å². The second kappa shape index (κ2) is 4.18. The number of aromatic nitrogens is 1. The van der Waals surface area contributed by atoms with Gasteiger partial charge in [0.05, 0.1) is 13.7 Å². The number of nitrogens with zero attached hydrogens (tertiary/aromatic N) is 2. The molecule has 1 aromatic heterocycles. The van der Waals surface area contributed by atoms with E-state index in [1.165, 1.54) is 12.0 Å². The Bertz CT molecular complexity index is 433. The maximum atomic E-state index is 11.3. The fourth-order valence-corrected chi connectivity index (χ4v) is 1.54. The third-order valence-electron chi connectivity index (χ3n) is 2.27. The highest BCUT2D eigenvalue weighted by atomic mass is 16.5. The summed E-state index contributed by atoms with van der Waals surface area (Å²) >= 11 is 0. The average molecular weight is 221 g/mol. The van der Waals surface area contributed by atoms with Crippen molar-refractivity contribution in [2.24, 2.45) is 0 Å². The minimum atomic E-state index is -0.379. The molecular weight excluding hydrogens is 210 g/mol. The number of amides is 3. The van der Waals surface area contributed by atoms with Crippen LogP contribution in [-0.4, -0.2) is 35.5 Å². The van der Waals surface area contributed by atoms with Gasteiger partial charge in [-0.05, 0) is 6.07 Å². The molecule has 0 aliphatic carbocycles. The van der Waals surface area contributed by atoms with E-state index in [2.05, 4.69) is 10.3 Å². The first-order valence-electron chi connectivity index (χ1n) is 4.77. The third-order valence-corrected chi connectivity index (χ3v) is 2.27. The largest absolute Gasteiger partial charge is 0.481 e. The normalized spacial score (nSPS) is 15.2. The molecule has 16 heavy (non-hydrogen) atoms. The summed E-state index contributed by atoms with van der Waals surface area (Å²) < 4.78 is 5.06. The number of methoxy groups -OCH3 is 1. The van der Waals surface area contributed by atoms with Crippen LogP contribution in [0, 0.1) is 0 Å². The molecule has 0 saturated carbocycles. The molecule has 0 spiro atoms. The highest BCUT2D eigenvalue weighted by molar-refractivity contribution is 6.01. The zero-order chi connectivity index (χ0) is 11.5. The molecule has 2 heterocycles. The molecule has 1 aromatic rings. The van der Waals surface area contributed by atoms with Gasteiger partial charge in [0, 0.05) is 11.8 Å². The third kappa shape index (κ3) is 1.95. The highest BCUT2D eigenvalue weighted by Gasteiger charge is 2.27. The predicted molar refractivity (Wildman–Crippen MR) is 54.7 cm³/mol. The number of carbonyl (C=O) groups is 2. The zero-order valence-electron chi connectivity index (χ0n) is 8.77. The summed E-state index contributed by atoms with van der Waals surface area (Å²) in [7, 11) is 1.51. The summed E-state index contributed by atoms with van der Waals surface area (Å²) in [6.45, 7) is 0.394. The number of rotatable bonds is 3. The smallest absolute Gasteiger partial charge is 0.324 e. The van der Waals surface area contributed by atoms with Crippen LogP contribution in [0.1, 0.15) is 5.56 Å². The Labute approximate surface area is 92.2 Å². The quantitative estimate of drug-likeness (QED) is 0.737. The van der Waals surface area contributed by atoms with Crippen molar-refractivity contribution < 1.29 is 14.3 Å². The molecule has 6 heteroatoms. The van der Waals surface area contributed by atoms with E-state index in [-0.39, 0.29) is 18.5 Å². The van der Waals surface area contributed by atoms with E-state index >= 15 is 0 Å².